The molecule has 12 heteroatoms. The van der Waals surface area contributed by atoms with E-state index in [9.17, 15) is 9.59 Å². The van der Waals surface area contributed by atoms with E-state index in [-0.39, 0.29) is 34.9 Å². The molecule has 0 saturated carbocycles. The van der Waals surface area contributed by atoms with E-state index in [1.807, 2.05) is 20.8 Å². The molecule has 0 saturated heterocycles. The SMILES string of the molecule is CNC(=O)c1cc(Cl)cc(C)c1NC(=O)c1cc(Cn2ncc(C(C)(C)C)n2)nn1-c1ncccc1Cl. The molecule has 4 rings (SSSR count). The number of nitrogens with zero attached hydrogens (tertiary/aromatic N) is 6. The molecule has 2 amide bonds. The summed E-state index contributed by atoms with van der Waals surface area (Å²) in [4.78, 5) is 31.9. The van der Waals surface area contributed by atoms with Crippen LogP contribution in [0.15, 0.2) is 42.7 Å². The largest absolute Gasteiger partial charge is 0.355 e. The van der Waals surface area contributed by atoms with Gasteiger partial charge in [-0.1, -0.05) is 44.0 Å². The van der Waals surface area contributed by atoms with Crippen LogP contribution in [0, 0.1) is 6.92 Å². The van der Waals surface area contributed by atoms with Crippen LogP contribution in [0.4, 0.5) is 5.69 Å². The van der Waals surface area contributed by atoms with Crippen LogP contribution in [-0.2, 0) is 12.0 Å². The molecule has 0 aliphatic carbocycles. The number of hydrogen-bond donors (Lipinski definition) is 2. The topological polar surface area (TPSA) is 120 Å². The van der Waals surface area contributed by atoms with Gasteiger partial charge in [0.2, 0.25) is 0 Å². The standard InChI is InChI=1S/C25H26Cl2N8O2/c1-14-9-15(26)10-17(23(36)28-5)21(14)31-24(37)19-11-16(13-34-30-12-20(33-34)25(2,3)4)32-35(19)22-18(27)7-6-8-29-22/h6-12H,13H2,1-5H3,(H,28,36)(H,31,37). The molecule has 3 heterocycles. The minimum absolute atomic E-state index is 0.163. The lowest BCUT2D eigenvalue weighted by Crippen LogP contribution is -2.23. The number of hydrogen-bond acceptors (Lipinski definition) is 6. The fourth-order valence-electron chi connectivity index (χ4n) is 3.63. The number of carbonyl (C=O) groups is 2. The molecular formula is C25H26Cl2N8O2. The molecule has 0 bridgehead atoms. The van der Waals surface area contributed by atoms with Gasteiger partial charge in [0.1, 0.15) is 12.2 Å². The second-order valence-corrected chi connectivity index (χ2v) is 10.3. The van der Waals surface area contributed by atoms with Gasteiger partial charge in [0.05, 0.1) is 33.9 Å². The maximum Gasteiger partial charge on any atom is 0.274 e. The summed E-state index contributed by atoms with van der Waals surface area (Å²) in [6, 6.07) is 8.12. The first-order chi connectivity index (χ1) is 17.5. The van der Waals surface area contributed by atoms with Crippen molar-refractivity contribution >= 4 is 40.7 Å². The highest BCUT2D eigenvalue weighted by Gasteiger charge is 2.24. The highest BCUT2D eigenvalue weighted by molar-refractivity contribution is 6.32. The zero-order chi connectivity index (χ0) is 26.9. The van der Waals surface area contributed by atoms with Crippen LogP contribution in [0.2, 0.25) is 10.0 Å². The molecule has 2 N–H and O–H groups in total. The van der Waals surface area contributed by atoms with Crippen molar-refractivity contribution < 1.29 is 9.59 Å². The summed E-state index contributed by atoms with van der Waals surface area (Å²) < 4.78 is 1.37. The molecule has 10 nitrogen and oxygen atoms in total. The monoisotopic (exact) mass is 540 g/mol. The van der Waals surface area contributed by atoms with Crippen molar-refractivity contribution in [1.29, 1.82) is 0 Å². The summed E-state index contributed by atoms with van der Waals surface area (Å²) >= 11 is 12.6. The molecule has 0 atom stereocenters. The Hall–Kier alpha value is -3.76. The van der Waals surface area contributed by atoms with E-state index in [0.717, 1.165) is 5.69 Å². The van der Waals surface area contributed by atoms with Crippen LogP contribution in [0.1, 0.15) is 58.6 Å². The van der Waals surface area contributed by atoms with Gasteiger partial charge in [-0.2, -0.15) is 20.1 Å². The summed E-state index contributed by atoms with van der Waals surface area (Å²) in [5.41, 5.74) is 2.54. The van der Waals surface area contributed by atoms with Crippen molar-refractivity contribution in [3.8, 4) is 5.82 Å². The van der Waals surface area contributed by atoms with Crippen molar-refractivity contribution in [2.45, 2.75) is 39.7 Å². The Bertz CT molecular complexity index is 1490. The van der Waals surface area contributed by atoms with Gasteiger partial charge in [0.25, 0.3) is 11.8 Å². The first kappa shape index (κ1) is 26.3. The predicted octanol–water partition coefficient (Wildman–Crippen LogP) is 4.43. The number of benzene rings is 1. The van der Waals surface area contributed by atoms with E-state index in [0.29, 0.717) is 27.0 Å². The Labute approximate surface area is 224 Å². The molecular weight excluding hydrogens is 515 g/mol. The Balaban J connectivity index is 1.75. The van der Waals surface area contributed by atoms with E-state index < -0.39 is 5.91 Å². The van der Waals surface area contributed by atoms with Crippen LogP contribution >= 0.6 is 23.2 Å². The number of rotatable bonds is 6. The summed E-state index contributed by atoms with van der Waals surface area (Å²) in [6.07, 6.45) is 3.27. The number of pyridine rings is 1. The molecule has 192 valence electrons. The summed E-state index contributed by atoms with van der Waals surface area (Å²) in [5, 5.41) is 19.6. The van der Waals surface area contributed by atoms with Crippen LogP contribution < -0.4 is 10.6 Å². The average Bonchev–Trinajstić information content (AvgIpc) is 3.48. The molecule has 4 aromatic rings. The van der Waals surface area contributed by atoms with Gasteiger partial charge < -0.3 is 10.6 Å². The predicted molar refractivity (Wildman–Crippen MR) is 142 cm³/mol. The molecule has 0 fully saturated rings. The number of carbonyl (C=O) groups excluding carboxylic acids is 2. The lowest BCUT2D eigenvalue weighted by molar-refractivity contribution is 0.0964. The third kappa shape index (κ3) is 5.65. The molecule has 0 aliphatic heterocycles. The number of amides is 2. The highest BCUT2D eigenvalue weighted by Crippen LogP contribution is 2.27. The first-order valence-corrected chi connectivity index (χ1v) is 12.2. The minimum atomic E-state index is -0.514. The maximum atomic E-state index is 13.6. The normalized spacial score (nSPS) is 11.4. The highest BCUT2D eigenvalue weighted by atomic mass is 35.5. The van der Waals surface area contributed by atoms with E-state index >= 15 is 0 Å². The minimum Gasteiger partial charge on any atom is -0.355 e. The number of halogens is 2. The van der Waals surface area contributed by atoms with E-state index in [2.05, 4.69) is 30.9 Å². The Morgan fingerprint density at radius 3 is 2.49 bits per heavy atom. The van der Waals surface area contributed by atoms with E-state index in [1.54, 1.807) is 43.6 Å². The second-order valence-electron chi connectivity index (χ2n) is 9.43. The second kappa shape index (κ2) is 10.3. The van der Waals surface area contributed by atoms with Crippen molar-refractivity contribution in [3.63, 3.8) is 0 Å². The van der Waals surface area contributed by atoms with Crippen molar-refractivity contribution in [2.24, 2.45) is 0 Å². The third-order valence-electron chi connectivity index (χ3n) is 5.55. The molecule has 0 unspecified atom stereocenters. The van der Waals surface area contributed by atoms with Gasteiger partial charge in [0, 0.05) is 23.7 Å². The number of nitrogens with one attached hydrogen (secondary N) is 2. The molecule has 1 aromatic carbocycles. The first-order valence-electron chi connectivity index (χ1n) is 11.4. The zero-order valence-corrected chi connectivity index (χ0v) is 22.5. The number of aryl methyl sites for hydroxylation is 1. The van der Waals surface area contributed by atoms with E-state index in [1.165, 1.54) is 22.6 Å². The quantitative estimate of drug-likeness (QED) is 0.373. The van der Waals surface area contributed by atoms with Gasteiger partial charge >= 0.3 is 0 Å². The fraction of sp³-hybridized carbons (Fsp3) is 0.280. The van der Waals surface area contributed by atoms with Gasteiger partial charge in [-0.3, -0.25) is 9.59 Å². The molecule has 0 aliphatic rings. The van der Waals surface area contributed by atoms with Gasteiger partial charge in [-0.15, -0.1) is 0 Å². The summed E-state index contributed by atoms with van der Waals surface area (Å²) in [7, 11) is 1.50. The lowest BCUT2D eigenvalue weighted by atomic mass is 9.93. The van der Waals surface area contributed by atoms with Crippen molar-refractivity contribution in [3.05, 3.63) is 81.0 Å². The fourth-order valence-corrected chi connectivity index (χ4v) is 4.10. The van der Waals surface area contributed by atoms with E-state index in [4.69, 9.17) is 23.2 Å². The summed E-state index contributed by atoms with van der Waals surface area (Å²) in [6.45, 7) is 8.12. The molecule has 0 radical (unpaired) electrons. The smallest absolute Gasteiger partial charge is 0.274 e. The molecule has 37 heavy (non-hydrogen) atoms. The number of anilines is 1. The average molecular weight is 541 g/mol. The van der Waals surface area contributed by atoms with Crippen LogP contribution in [0.5, 0.6) is 0 Å². The summed E-state index contributed by atoms with van der Waals surface area (Å²) in [5.74, 6) is -0.620. The van der Waals surface area contributed by atoms with Crippen molar-refractivity contribution in [2.75, 3.05) is 12.4 Å². The van der Waals surface area contributed by atoms with Gasteiger partial charge in [-0.25, -0.2) is 9.67 Å². The Morgan fingerprint density at radius 1 is 1.08 bits per heavy atom. The Kier molecular flexibility index (Phi) is 7.33. The lowest BCUT2D eigenvalue weighted by Gasteiger charge is -2.14. The van der Waals surface area contributed by atoms with Gasteiger partial charge in [-0.05, 0) is 42.8 Å². The molecule has 0 spiro atoms. The van der Waals surface area contributed by atoms with Gasteiger partial charge in [0.15, 0.2) is 5.82 Å². The Morgan fingerprint density at radius 2 is 1.84 bits per heavy atom. The maximum absolute atomic E-state index is 13.6. The van der Waals surface area contributed by atoms with Crippen LogP contribution in [-0.4, -0.2) is 48.6 Å². The van der Waals surface area contributed by atoms with Crippen LogP contribution in [0.3, 0.4) is 0 Å². The third-order valence-corrected chi connectivity index (χ3v) is 6.06. The molecule has 3 aromatic heterocycles. The van der Waals surface area contributed by atoms with Crippen LogP contribution in [0.25, 0.3) is 5.82 Å². The van der Waals surface area contributed by atoms with Crippen molar-refractivity contribution in [1.82, 2.24) is 35.1 Å². The number of aromatic nitrogens is 6. The zero-order valence-electron chi connectivity index (χ0n) is 21.0.